The topological polar surface area (TPSA) is 9.23 Å². The molecule has 3 heteroatoms. The van der Waals surface area contributed by atoms with Gasteiger partial charge in [0.2, 0.25) is 0 Å². The van der Waals surface area contributed by atoms with Gasteiger partial charge in [-0.1, -0.05) is 40.2 Å². The van der Waals surface area contributed by atoms with E-state index >= 15 is 0 Å². The first-order valence-electron chi connectivity index (χ1n) is 5.24. The number of methoxy groups -OCH3 is 1. The normalized spacial score (nSPS) is 12.2. The molecule has 1 nitrogen and oxygen atoms in total. The second kappa shape index (κ2) is 5.87. The van der Waals surface area contributed by atoms with E-state index in [9.17, 15) is 0 Å². The van der Waals surface area contributed by atoms with E-state index in [1.54, 1.807) is 7.11 Å². The predicted molar refractivity (Wildman–Crippen MR) is 82.9 cm³/mol. The number of ether oxygens (including phenoxy) is 1. The molecule has 0 saturated heterocycles. The van der Waals surface area contributed by atoms with Gasteiger partial charge in [-0.3, -0.25) is 0 Å². The zero-order valence-electron chi connectivity index (χ0n) is 9.36. The van der Waals surface area contributed by atoms with Gasteiger partial charge >= 0.3 is 0 Å². The minimum Gasteiger partial charge on any atom is -0.497 e. The lowest BCUT2D eigenvalue weighted by Gasteiger charge is -2.11. The third-order valence-corrected chi connectivity index (χ3v) is 4.35. The zero-order valence-corrected chi connectivity index (χ0v) is 13.1. The highest BCUT2D eigenvalue weighted by Crippen LogP contribution is 2.31. The van der Waals surface area contributed by atoms with Gasteiger partial charge in [0.05, 0.1) is 11.9 Å². The molecule has 1 atom stereocenters. The highest BCUT2D eigenvalue weighted by atomic mass is 127. The number of alkyl halides is 1. The molecule has 0 spiro atoms. The molecule has 0 heterocycles. The van der Waals surface area contributed by atoms with Crippen LogP contribution in [0.3, 0.4) is 0 Å². The fourth-order valence-corrected chi connectivity index (χ4v) is 2.57. The van der Waals surface area contributed by atoms with Gasteiger partial charge in [0.1, 0.15) is 5.75 Å². The van der Waals surface area contributed by atoms with Crippen molar-refractivity contribution in [1.82, 2.24) is 0 Å². The number of halogens is 2. The molecule has 0 bridgehead atoms. The van der Waals surface area contributed by atoms with E-state index in [2.05, 4.69) is 74.9 Å². The van der Waals surface area contributed by atoms with Crippen molar-refractivity contribution < 1.29 is 4.74 Å². The van der Waals surface area contributed by atoms with E-state index < -0.39 is 0 Å². The minimum atomic E-state index is 0.227. The fourth-order valence-electron chi connectivity index (χ4n) is 1.60. The Kier molecular flexibility index (Phi) is 4.45. The van der Waals surface area contributed by atoms with Gasteiger partial charge in [-0.15, -0.1) is 0 Å². The van der Waals surface area contributed by atoms with Crippen LogP contribution in [0.1, 0.15) is 16.0 Å². The summed E-state index contributed by atoms with van der Waals surface area (Å²) in [4.78, 5) is 0.227. The van der Waals surface area contributed by atoms with E-state index in [1.807, 2.05) is 12.1 Å². The molecule has 0 aliphatic rings. The van der Waals surface area contributed by atoms with E-state index in [1.165, 1.54) is 14.7 Å². The van der Waals surface area contributed by atoms with Crippen molar-refractivity contribution in [3.05, 3.63) is 63.2 Å². The second-order valence-electron chi connectivity index (χ2n) is 3.69. The second-order valence-corrected chi connectivity index (χ2v) is 5.85. The maximum Gasteiger partial charge on any atom is 0.118 e. The van der Waals surface area contributed by atoms with E-state index in [0.717, 1.165) is 5.75 Å². The smallest absolute Gasteiger partial charge is 0.118 e. The van der Waals surface area contributed by atoms with E-state index in [4.69, 9.17) is 4.74 Å². The third kappa shape index (κ3) is 3.22. The van der Waals surface area contributed by atoms with Crippen molar-refractivity contribution in [3.63, 3.8) is 0 Å². The van der Waals surface area contributed by atoms with Gasteiger partial charge < -0.3 is 4.74 Å². The van der Waals surface area contributed by atoms with Crippen molar-refractivity contribution in [2.45, 2.75) is 4.83 Å². The standard InChI is InChI=1S/C14H12BrIO/c1-17-13-8-4-11(5-9-13)14(15)10-2-6-12(16)7-3-10/h2-9,14H,1H3. The number of benzene rings is 2. The van der Waals surface area contributed by atoms with Crippen molar-refractivity contribution >= 4 is 38.5 Å². The molecule has 88 valence electrons. The summed E-state index contributed by atoms with van der Waals surface area (Å²) < 4.78 is 6.40. The van der Waals surface area contributed by atoms with Gasteiger partial charge in [0, 0.05) is 3.57 Å². The van der Waals surface area contributed by atoms with Crippen molar-refractivity contribution in [1.29, 1.82) is 0 Å². The molecule has 0 saturated carbocycles. The number of rotatable bonds is 3. The minimum absolute atomic E-state index is 0.227. The summed E-state index contributed by atoms with van der Waals surface area (Å²) in [6.07, 6.45) is 0. The summed E-state index contributed by atoms with van der Waals surface area (Å²) in [7, 11) is 1.68. The van der Waals surface area contributed by atoms with E-state index in [0.29, 0.717) is 0 Å². The lowest BCUT2D eigenvalue weighted by Crippen LogP contribution is -1.93. The van der Waals surface area contributed by atoms with Crippen molar-refractivity contribution in [3.8, 4) is 5.75 Å². The third-order valence-electron chi connectivity index (χ3n) is 2.57. The van der Waals surface area contributed by atoms with Crippen LogP contribution in [0.4, 0.5) is 0 Å². The Morgan fingerprint density at radius 1 is 0.941 bits per heavy atom. The molecule has 0 radical (unpaired) electrons. The molecule has 2 aromatic rings. The van der Waals surface area contributed by atoms with Gasteiger partial charge in [-0.2, -0.15) is 0 Å². The highest BCUT2D eigenvalue weighted by molar-refractivity contribution is 14.1. The average molecular weight is 403 g/mol. The van der Waals surface area contributed by atoms with Crippen LogP contribution < -0.4 is 4.74 Å². The summed E-state index contributed by atoms with van der Waals surface area (Å²) in [5.41, 5.74) is 2.49. The Balaban J connectivity index is 2.23. The summed E-state index contributed by atoms with van der Waals surface area (Å²) >= 11 is 6.03. The summed E-state index contributed by atoms with van der Waals surface area (Å²) in [6.45, 7) is 0. The molecule has 1 unspecified atom stereocenters. The Bertz CT molecular complexity index is 479. The first-order chi connectivity index (χ1) is 8.20. The lowest BCUT2D eigenvalue weighted by molar-refractivity contribution is 0.414. The Labute approximate surface area is 123 Å². The van der Waals surface area contributed by atoms with Crippen LogP contribution in [-0.2, 0) is 0 Å². The summed E-state index contributed by atoms with van der Waals surface area (Å²) in [5, 5.41) is 0. The maximum atomic E-state index is 5.15. The maximum absolute atomic E-state index is 5.15. The first kappa shape index (κ1) is 12.9. The lowest BCUT2D eigenvalue weighted by atomic mass is 10.1. The van der Waals surface area contributed by atoms with Crippen LogP contribution in [-0.4, -0.2) is 7.11 Å². The highest BCUT2D eigenvalue weighted by Gasteiger charge is 2.09. The molecular weight excluding hydrogens is 391 g/mol. The van der Waals surface area contributed by atoms with Gasteiger partial charge in [0.25, 0.3) is 0 Å². The molecule has 0 fully saturated rings. The van der Waals surface area contributed by atoms with Crippen molar-refractivity contribution in [2.75, 3.05) is 7.11 Å². The average Bonchev–Trinajstić information content (AvgIpc) is 2.39. The van der Waals surface area contributed by atoms with Gasteiger partial charge in [-0.25, -0.2) is 0 Å². The molecule has 2 aromatic carbocycles. The van der Waals surface area contributed by atoms with E-state index in [-0.39, 0.29) is 4.83 Å². The summed E-state index contributed by atoms with van der Waals surface area (Å²) in [5.74, 6) is 0.885. The van der Waals surface area contributed by atoms with Crippen molar-refractivity contribution in [2.24, 2.45) is 0 Å². The Hall–Kier alpha value is -0.550. The molecule has 0 aromatic heterocycles. The quantitative estimate of drug-likeness (QED) is 0.530. The van der Waals surface area contributed by atoms with Crippen LogP contribution >= 0.6 is 38.5 Å². The predicted octanol–water partition coefficient (Wildman–Crippen LogP) is 4.78. The Morgan fingerprint density at radius 2 is 1.41 bits per heavy atom. The SMILES string of the molecule is COc1ccc(C(Br)c2ccc(I)cc2)cc1. The number of hydrogen-bond donors (Lipinski definition) is 0. The molecule has 0 aliphatic heterocycles. The number of hydrogen-bond acceptors (Lipinski definition) is 1. The summed E-state index contributed by atoms with van der Waals surface area (Å²) in [6, 6.07) is 16.7. The Morgan fingerprint density at radius 3 is 1.88 bits per heavy atom. The molecule has 0 amide bonds. The molecule has 0 N–H and O–H groups in total. The first-order valence-corrected chi connectivity index (χ1v) is 7.23. The van der Waals surface area contributed by atoms with Crippen LogP contribution in [0, 0.1) is 3.57 Å². The zero-order chi connectivity index (χ0) is 12.3. The van der Waals surface area contributed by atoms with Gasteiger partial charge in [0.15, 0.2) is 0 Å². The molecule has 2 rings (SSSR count). The molecule has 0 aliphatic carbocycles. The largest absolute Gasteiger partial charge is 0.497 e. The van der Waals surface area contributed by atoms with Gasteiger partial charge in [-0.05, 0) is 58.0 Å². The fraction of sp³-hybridized carbons (Fsp3) is 0.143. The monoisotopic (exact) mass is 402 g/mol. The van der Waals surface area contributed by atoms with Crippen LogP contribution in [0.2, 0.25) is 0 Å². The molecular formula is C14H12BrIO. The van der Waals surface area contributed by atoms with Crippen LogP contribution in [0.5, 0.6) is 5.75 Å². The van der Waals surface area contributed by atoms with Crippen LogP contribution in [0.25, 0.3) is 0 Å². The molecule has 17 heavy (non-hydrogen) atoms. The van der Waals surface area contributed by atoms with Crippen LogP contribution in [0.15, 0.2) is 48.5 Å².